The van der Waals surface area contributed by atoms with Gasteiger partial charge in [-0.15, -0.1) is 0 Å². The van der Waals surface area contributed by atoms with Gasteiger partial charge in [-0.3, -0.25) is 4.79 Å². The number of esters is 1. The van der Waals surface area contributed by atoms with E-state index in [4.69, 9.17) is 18.9 Å². The van der Waals surface area contributed by atoms with Gasteiger partial charge in [-0.05, 0) is 37.6 Å². The molecule has 1 unspecified atom stereocenters. The van der Waals surface area contributed by atoms with E-state index in [1.165, 1.54) is 0 Å². The molecule has 5 heteroatoms. The molecule has 5 nitrogen and oxygen atoms in total. The van der Waals surface area contributed by atoms with Gasteiger partial charge in [0, 0.05) is 17.5 Å². The highest BCUT2D eigenvalue weighted by Crippen LogP contribution is 2.46. The Kier molecular flexibility index (Phi) is 3.56. The molecule has 0 fully saturated rings. The smallest absolute Gasteiger partial charge is 0.312 e. The molecule has 2 heterocycles. The van der Waals surface area contributed by atoms with Crippen LogP contribution in [0, 0.1) is 0 Å². The number of fused-ring (bicyclic) bond motifs is 2. The summed E-state index contributed by atoms with van der Waals surface area (Å²) in [6, 6.07) is 11.5. The lowest BCUT2D eigenvalue weighted by molar-refractivity contribution is -0.135. The topological polar surface area (TPSA) is 54.0 Å². The van der Waals surface area contributed by atoms with Crippen molar-refractivity contribution in [2.45, 2.75) is 32.3 Å². The monoisotopic (exact) mass is 326 g/mol. The molecule has 1 atom stereocenters. The van der Waals surface area contributed by atoms with Crippen LogP contribution in [0.25, 0.3) is 0 Å². The molecule has 0 radical (unpaired) electrons. The van der Waals surface area contributed by atoms with Crippen LogP contribution in [0.1, 0.15) is 37.3 Å². The molecule has 2 aromatic carbocycles. The molecule has 0 bridgehead atoms. The van der Waals surface area contributed by atoms with Crippen LogP contribution in [0.15, 0.2) is 36.4 Å². The van der Waals surface area contributed by atoms with E-state index >= 15 is 0 Å². The summed E-state index contributed by atoms with van der Waals surface area (Å²) in [6.07, 6.45) is 0.429. The standard InChI is InChI=1S/C19H18O5/c1-11(2)23-13-5-3-12(4-6-13)14-8-19(20)24-16-9-18-17(7-15(14)16)21-10-22-18/h3-7,9,11,14H,8,10H2,1-2H3. The van der Waals surface area contributed by atoms with Gasteiger partial charge in [0.25, 0.3) is 0 Å². The lowest BCUT2D eigenvalue weighted by Gasteiger charge is -2.25. The van der Waals surface area contributed by atoms with Crippen LogP contribution in [0.4, 0.5) is 0 Å². The predicted molar refractivity (Wildman–Crippen MR) is 86.9 cm³/mol. The Morgan fingerprint density at radius 2 is 1.75 bits per heavy atom. The maximum Gasteiger partial charge on any atom is 0.312 e. The van der Waals surface area contributed by atoms with Gasteiger partial charge in [-0.2, -0.15) is 0 Å². The van der Waals surface area contributed by atoms with Crippen LogP contribution < -0.4 is 18.9 Å². The SMILES string of the molecule is CC(C)Oc1ccc(C2CC(=O)Oc3cc4c(cc32)OCO4)cc1. The van der Waals surface area contributed by atoms with E-state index in [2.05, 4.69) is 0 Å². The third kappa shape index (κ3) is 2.66. The number of rotatable bonds is 3. The Balaban J connectivity index is 1.70. The Morgan fingerprint density at radius 1 is 1.04 bits per heavy atom. The molecule has 0 N–H and O–H groups in total. The van der Waals surface area contributed by atoms with Crippen LogP contribution in [0.2, 0.25) is 0 Å². The summed E-state index contributed by atoms with van der Waals surface area (Å²) < 4.78 is 21.9. The highest BCUT2D eigenvalue weighted by Gasteiger charge is 2.31. The van der Waals surface area contributed by atoms with Gasteiger partial charge >= 0.3 is 5.97 Å². The highest BCUT2D eigenvalue weighted by atomic mass is 16.7. The first-order valence-electron chi connectivity index (χ1n) is 8.01. The fraction of sp³-hybridized carbons (Fsp3) is 0.316. The molecular weight excluding hydrogens is 308 g/mol. The van der Waals surface area contributed by atoms with E-state index in [9.17, 15) is 4.79 Å². The molecule has 0 amide bonds. The number of carbonyl (C=O) groups is 1. The zero-order valence-electron chi connectivity index (χ0n) is 13.6. The molecular formula is C19H18O5. The van der Waals surface area contributed by atoms with Gasteiger partial charge < -0.3 is 18.9 Å². The van der Waals surface area contributed by atoms with E-state index in [1.807, 2.05) is 44.2 Å². The third-order valence-corrected chi connectivity index (χ3v) is 4.13. The maximum absolute atomic E-state index is 12.0. The van der Waals surface area contributed by atoms with Crippen molar-refractivity contribution in [3.8, 4) is 23.0 Å². The van der Waals surface area contributed by atoms with Crippen LogP contribution in [-0.2, 0) is 4.79 Å². The number of carbonyl (C=O) groups excluding carboxylic acids is 1. The van der Waals surface area contributed by atoms with Crippen molar-refractivity contribution in [2.75, 3.05) is 6.79 Å². The van der Waals surface area contributed by atoms with Crippen molar-refractivity contribution in [2.24, 2.45) is 0 Å². The quantitative estimate of drug-likeness (QED) is 0.637. The Hall–Kier alpha value is -2.69. The van der Waals surface area contributed by atoms with Gasteiger partial charge in [0.05, 0.1) is 12.5 Å². The maximum atomic E-state index is 12.0. The zero-order valence-corrected chi connectivity index (χ0v) is 13.6. The molecule has 0 saturated carbocycles. The third-order valence-electron chi connectivity index (χ3n) is 4.13. The van der Waals surface area contributed by atoms with E-state index in [1.54, 1.807) is 6.07 Å². The number of benzene rings is 2. The summed E-state index contributed by atoms with van der Waals surface area (Å²) in [6.45, 7) is 4.17. The van der Waals surface area contributed by atoms with Crippen molar-refractivity contribution >= 4 is 5.97 Å². The Morgan fingerprint density at radius 3 is 2.46 bits per heavy atom. The van der Waals surface area contributed by atoms with Gasteiger partial charge in [-0.25, -0.2) is 0 Å². The molecule has 2 aliphatic heterocycles. The van der Waals surface area contributed by atoms with Crippen molar-refractivity contribution in [3.63, 3.8) is 0 Å². The lowest BCUT2D eigenvalue weighted by atomic mass is 9.86. The average molecular weight is 326 g/mol. The van der Waals surface area contributed by atoms with Gasteiger partial charge in [0.15, 0.2) is 11.5 Å². The minimum atomic E-state index is -0.242. The van der Waals surface area contributed by atoms with E-state index in [-0.39, 0.29) is 24.8 Å². The lowest BCUT2D eigenvalue weighted by Crippen LogP contribution is -2.21. The Bertz CT molecular complexity index is 779. The molecule has 0 aliphatic carbocycles. The van der Waals surface area contributed by atoms with E-state index in [0.717, 1.165) is 16.9 Å². The van der Waals surface area contributed by atoms with Gasteiger partial charge in [0.2, 0.25) is 6.79 Å². The van der Waals surface area contributed by atoms with Crippen molar-refractivity contribution in [1.82, 2.24) is 0 Å². The van der Waals surface area contributed by atoms with Crippen LogP contribution in [0.5, 0.6) is 23.0 Å². The summed E-state index contributed by atoms with van der Waals surface area (Å²) in [4.78, 5) is 12.0. The first kappa shape index (κ1) is 14.9. The fourth-order valence-corrected chi connectivity index (χ4v) is 3.09. The minimum Gasteiger partial charge on any atom is -0.491 e. The summed E-state index contributed by atoms with van der Waals surface area (Å²) >= 11 is 0. The minimum absolute atomic E-state index is 0.0659. The van der Waals surface area contributed by atoms with Gasteiger partial charge in [-0.1, -0.05) is 12.1 Å². The van der Waals surface area contributed by atoms with E-state index in [0.29, 0.717) is 23.7 Å². The molecule has 4 rings (SSSR count). The molecule has 124 valence electrons. The molecule has 2 aromatic rings. The summed E-state index contributed by atoms with van der Waals surface area (Å²) in [5, 5.41) is 0. The second-order valence-electron chi connectivity index (χ2n) is 6.21. The number of ether oxygens (including phenoxy) is 4. The average Bonchev–Trinajstić information content (AvgIpc) is 2.99. The van der Waals surface area contributed by atoms with Gasteiger partial charge in [0.1, 0.15) is 11.5 Å². The second-order valence-corrected chi connectivity index (χ2v) is 6.21. The van der Waals surface area contributed by atoms with Crippen molar-refractivity contribution < 1.29 is 23.7 Å². The predicted octanol–water partition coefficient (Wildman–Crippen LogP) is 3.64. The summed E-state index contributed by atoms with van der Waals surface area (Å²) in [5.74, 6) is 2.36. The summed E-state index contributed by atoms with van der Waals surface area (Å²) in [5.41, 5.74) is 1.99. The first-order valence-corrected chi connectivity index (χ1v) is 8.01. The number of hydrogen-bond acceptors (Lipinski definition) is 5. The van der Waals surface area contributed by atoms with Crippen LogP contribution in [-0.4, -0.2) is 18.9 Å². The Labute approximate surface area is 140 Å². The molecule has 0 saturated heterocycles. The highest BCUT2D eigenvalue weighted by molar-refractivity contribution is 5.78. The van der Waals surface area contributed by atoms with Crippen LogP contribution in [0.3, 0.4) is 0 Å². The van der Waals surface area contributed by atoms with Crippen molar-refractivity contribution in [1.29, 1.82) is 0 Å². The second kappa shape index (κ2) is 5.74. The molecule has 0 spiro atoms. The van der Waals surface area contributed by atoms with Crippen LogP contribution >= 0.6 is 0 Å². The summed E-state index contributed by atoms with van der Waals surface area (Å²) in [7, 11) is 0. The van der Waals surface area contributed by atoms with E-state index < -0.39 is 0 Å². The fourth-order valence-electron chi connectivity index (χ4n) is 3.09. The zero-order chi connectivity index (χ0) is 16.7. The number of hydrogen-bond donors (Lipinski definition) is 0. The molecule has 0 aromatic heterocycles. The molecule has 24 heavy (non-hydrogen) atoms. The normalized spacial score (nSPS) is 18.3. The molecule has 2 aliphatic rings. The first-order chi connectivity index (χ1) is 11.6. The van der Waals surface area contributed by atoms with Crippen molar-refractivity contribution in [3.05, 3.63) is 47.5 Å². The largest absolute Gasteiger partial charge is 0.491 e.